The molecule has 3 aromatic carbocycles. The number of fused-ring (bicyclic) bond motifs is 1. The monoisotopic (exact) mass is 415 g/mol. The van der Waals surface area contributed by atoms with Gasteiger partial charge >= 0.3 is 0 Å². The van der Waals surface area contributed by atoms with Crippen molar-refractivity contribution < 1.29 is 13.2 Å². The molecular weight excluding hydrogens is 394 g/mol. The fourth-order valence-electron chi connectivity index (χ4n) is 3.44. The third-order valence-corrected chi connectivity index (χ3v) is 6.13. The quantitative estimate of drug-likeness (QED) is 0.429. The zero-order valence-electron chi connectivity index (χ0n) is 16.8. The Kier molecular flexibility index (Phi) is 5.22. The Hall–Kier alpha value is -3.31. The van der Waals surface area contributed by atoms with Crippen LogP contribution in [0.3, 0.4) is 0 Å². The molecule has 5 heteroatoms. The maximum Gasteiger partial charge on any atom is 0.175 e. The van der Waals surface area contributed by atoms with E-state index in [1.165, 1.54) is 6.26 Å². The molecule has 4 nitrogen and oxygen atoms in total. The SMILES string of the molecule is Cc1cccc(C(=O)Cc2ccc3cc(-c4cccc(S(C)(=O)=O)c4)ccc3n2)c1. The smallest absolute Gasteiger partial charge is 0.175 e. The predicted octanol–water partition coefficient (Wildman–Crippen LogP) is 5.04. The van der Waals surface area contributed by atoms with Gasteiger partial charge < -0.3 is 0 Å². The third-order valence-electron chi connectivity index (χ3n) is 5.02. The van der Waals surface area contributed by atoms with Crippen molar-refractivity contribution in [3.63, 3.8) is 0 Å². The molecule has 0 aliphatic carbocycles. The molecule has 150 valence electrons. The minimum absolute atomic E-state index is 0.0414. The molecule has 1 aromatic heterocycles. The van der Waals surface area contributed by atoms with Crippen molar-refractivity contribution in [2.45, 2.75) is 18.2 Å². The first-order valence-electron chi connectivity index (χ1n) is 9.60. The van der Waals surface area contributed by atoms with Gasteiger partial charge in [-0.1, -0.05) is 48.0 Å². The summed E-state index contributed by atoms with van der Waals surface area (Å²) in [4.78, 5) is 17.5. The van der Waals surface area contributed by atoms with Gasteiger partial charge in [0.15, 0.2) is 15.6 Å². The van der Waals surface area contributed by atoms with Gasteiger partial charge in [-0.15, -0.1) is 0 Å². The standard InChI is InChI=1S/C25H21NO3S/c1-17-5-3-7-21(13-17)25(27)16-22-11-9-20-14-19(10-12-24(20)26-22)18-6-4-8-23(15-18)30(2,28)29/h3-15H,16H2,1-2H3. The Morgan fingerprint density at radius 1 is 0.867 bits per heavy atom. The fraction of sp³-hybridized carbons (Fsp3) is 0.120. The first-order valence-corrected chi connectivity index (χ1v) is 11.5. The Morgan fingerprint density at radius 3 is 2.40 bits per heavy atom. The number of benzene rings is 3. The van der Waals surface area contributed by atoms with Crippen molar-refractivity contribution in [2.75, 3.05) is 6.26 Å². The second-order valence-electron chi connectivity index (χ2n) is 7.48. The Balaban J connectivity index is 1.62. The second kappa shape index (κ2) is 7.84. The minimum atomic E-state index is -3.26. The van der Waals surface area contributed by atoms with E-state index in [9.17, 15) is 13.2 Å². The molecule has 0 radical (unpaired) electrons. The van der Waals surface area contributed by atoms with Gasteiger partial charge in [0.2, 0.25) is 0 Å². The highest BCUT2D eigenvalue weighted by molar-refractivity contribution is 7.90. The molecule has 0 amide bonds. The molecule has 4 aromatic rings. The van der Waals surface area contributed by atoms with Crippen LogP contribution < -0.4 is 0 Å². The van der Waals surface area contributed by atoms with Gasteiger partial charge in [0.25, 0.3) is 0 Å². The van der Waals surface area contributed by atoms with Crippen molar-refractivity contribution in [1.82, 2.24) is 4.98 Å². The van der Waals surface area contributed by atoms with Crippen LogP contribution in [-0.2, 0) is 16.3 Å². The number of Topliss-reactive ketones (excluding diaryl/α,β-unsaturated/α-hetero) is 1. The first-order chi connectivity index (χ1) is 14.3. The van der Waals surface area contributed by atoms with Crippen molar-refractivity contribution in [2.24, 2.45) is 0 Å². The van der Waals surface area contributed by atoms with Crippen molar-refractivity contribution in [3.05, 3.63) is 95.7 Å². The molecule has 0 saturated heterocycles. The molecule has 0 atom stereocenters. The highest BCUT2D eigenvalue weighted by Gasteiger charge is 2.11. The number of pyridine rings is 1. The van der Waals surface area contributed by atoms with E-state index >= 15 is 0 Å². The third kappa shape index (κ3) is 4.31. The summed E-state index contributed by atoms with van der Waals surface area (Å²) in [6.07, 6.45) is 1.45. The number of aromatic nitrogens is 1. The van der Waals surface area contributed by atoms with Crippen LogP contribution in [0.1, 0.15) is 21.6 Å². The average molecular weight is 416 g/mol. The molecule has 0 fully saturated rings. The van der Waals surface area contributed by atoms with Gasteiger partial charge in [-0.05, 0) is 54.4 Å². The van der Waals surface area contributed by atoms with E-state index in [1.54, 1.807) is 18.2 Å². The number of sulfone groups is 1. The van der Waals surface area contributed by atoms with Gasteiger partial charge in [0, 0.05) is 22.9 Å². The van der Waals surface area contributed by atoms with Crippen LogP contribution in [0.15, 0.2) is 83.8 Å². The van der Waals surface area contributed by atoms with Crippen molar-refractivity contribution >= 4 is 26.5 Å². The zero-order chi connectivity index (χ0) is 21.3. The Bertz CT molecular complexity index is 1370. The summed E-state index contributed by atoms with van der Waals surface area (Å²) < 4.78 is 23.7. The van der Waals surface area contributed by atoms with Crippen LogP contribution >= 0.6 is 0 Å². The summed E-state index contributed by atoms with van der Waals surface area (Å²) in [6.45, 7) is 1.97. The lowest BCUT2D eigenvalue weighted by Gasteiger charge is -2.07. The average Bonchev–Trinajstić information content (AvgIpc) is 2.73. The van der Waals surface area contributed by atoms with Gasteiger partial charge in [0.1, 0.15) is 0 Å². The van der Waals surface area contributed by atoms with Crippen molar-refractivity contribution in [1.29, 1.82) is 0 Å². The second-order valence-corrected chi connectivity index (χ2v) is 9.50. The van der Waals surface area contributed by atoms with E-state index in [0.717, 1.165) is 33.3 Å². The number of rotatable bonds is 5. The van der Waals surface area contributed by atoms with E-state index in [4.69, 9.17) is 0 Å². The number of carbonyl (C=O) groups excluding carboxylic acids is 1. The number of hydrogen-bond acceptors (Lipinski definition) is 4. The van der Waals surface area contributed by atoms with Crippen molar-refractivity contribution in [3.8, 4) is 11.1 Å². The molecule has 0 unspecified atom stereocenters. The summed E-state index contributed by atoms with van der Waals surface area (Å²) >= 11 is 0. The normalized spacial score (nSPS) is 11.5. The zero-order valence-corrected chi connectivity index (χ0v) is 17.6. The van der Waals surface area contributed by atoms with Gasteiger partial charge in [-0.2, -0.15) is 0 Å². The lowest BCUT2D eigenvalue weighted by Crippen LogP contribution is -2.05. The maximum atomic E-state index is 12.6. The van der Waals surface area contributed by atoms with Crippen LogP contribution in [-0.4, -0.2) is 25.4 Å². The van der Waals surface area contributed by atoms with E-state index in [0.29, 0.717) is 10.5 Å². The van der Waals surface area contributed by atoms with Crippen LogP contribution in [0.2, 0.25) is 0 Å². The molecule has 0 saturated carbocycles. The molecule has 0 bridgehead atoms. The summed E-state index contributed by atoms with van der Waals surface area (Å²) in [5, 5.41) is 0.934. The molecule has 30 heavy (non-hydrogen) atoms. The lowest BCUT2D eigenvalue weighted by molar-refractivity contribution is 0.0992. The topological polar surface area (TPSA) is 64.1 Å². The van der Waals surface area contributed by atoms with E-state index in [-0.39, 0.29) is 12.2 Å². The molecule has 0 spiro atoms. The largest absolute Gasteiger partial charge is 0.294 e. The molecule has 0 aliphatic rings. The molecule has 1 heterocycles. The Morgan fingerprint density at radius 2 is 1.63 bits per heavy atom. The van der Waals surface area contributed by atoms with E-state index in [2.05, 4.69) is 4.98 Å². The fourth-order valence-corrected chi connectivity index (χ4v) is 4.10. The van der Waals surface area contributed by atoms with E-state index < -0.39 is 9.84 Å². The maximum absolute atomic E-state index is 12.6. The number of carbonyl (C=O) groups is 1. The van der Waals surface area contributed by atoms with E-state index in [1.807, 2.05) is 67.6 Å². The van der Waals surface area contributed by atoms with Gasteiger partial charge in [-0.3, -0.25) is 9.78 Å². The highest BCUT2D eigenvalue weighted by atomic mass is 32.2. The summed E-state index contributed by atoms with van der Waals surface area (Å²) in [6, 6.07) is 24.1. The predicted molar refractivity (Wildman–Crippen MR) is 120 cm³/mol. The van der Waals surface area contributed by atoms with Crippen LogP contribution in [0.25, 0.3) is 22.0 Å². The summed E-state index contributed by atoms with van der Waals surface area (Å²) in [7, 11) is -3.26. The lowest BCUT2D eigenvalue weighted by atomic mass is 10.0. The Labute approximate surface area is 176 Å². The number of nitrogens with zero attached hydrogens (tertiary/aromatic N) is 1. The summed E-state index contributed by atoms with van der Waals surface area (Å²) in [5.74, 6) is 0.0414. The molecular formula is C25H21NO3S. The first kappa shape index (κ1) is 20.0. The molecule has 0 N–H and O–H groups in total. The van der Waals surface area contributed by atoms with Gasteiger partial charge in [-0.25, -0.2) is 8.42 Å². The molecule has 4 rings (SSSR count). The van der Waals surface area contributed by atoms with Crippen LogP contribution in [0.4, 0.5) is 0 Å². The van der Waals surface area contributed by atoms with Crippen LogP contribution in [0, 0.1) is 6.92 Å². The number of ketones is 1. The number of hydrogen-bond donors (Lipinski definition) is 0. The number of aryl methyl sites for hydroxylation is 1. The highest BCUT2D eigenvalue weighted by Crippen LogP contribution is 2.26. The van der Waals surface area contributed by atoms with Gasteiger partial charge in [0.05, 0.1) is 16.8 Å². The molecule has 0 aliphatic heterocycles. The van der Waals surface area contributed by atoms with Crippen LogP contribution in [0.5, 0.6) is 0 Å². The minimum Gasteiger partial charge on any atom is -0.294 e. The summed E-state index contributed by atoms with van der Waals surface area (Å²) in [5.41, 5.74) is 5.02.